The molecular formula is C16H19Cl2N3. The summed E-state index contributed by atoms with van der Waals surface area (Å²) in [5, 5.41) is 8.58. The van der Waals surface area contributed by atoms with E-state index in [2.05, 4.69) is 10.2 Å². The van der Waals surface area contributed by atoms with Crippen molar-refractivity contribution in [2.45, 2.75) is 44.4 Å². The van der Waals surface area contributed by atoms with Gasteiger partial charge in [-0.3, -0.25) is 5.10 Å². The summed E-state index contributed by atoms with van der Waals surface area (Å²) >= 11 is 12.7. The number of nitrogen functional groups attached to an aromatic ring is 1. The van der Waals surface area contributed by atoms with Gasteiger partial charge in [0.05, 0.1) is 10.0 Å². The molecule has 112 valence electrons. The second-order valence-corrected chi connectivity index (χ2v) is 6.50. The van der Waals surface area contributed by atoms with Crippen molar-refractivity contribution in [2.75, 3.05) is 5.73 Å². The van der Waals surface area contributed by atoms with Gasteiger partial charge in [0.25, 0.3) is 0 Å². The molecule has 1 heterocycles. The summed E-state index contributed by atoms with van der Waals surface area (Å²) in [7, 11) is 0. The van der Waals surface area contributed by atoms with Gasteiger partial charge in [0.15, 0.2) is 5.82 Å². The van der Waals surface area contributed by atoms with Gasteiger partial charge in [0.1, 0.15) is 0 Å². The van der Waals surface area contributed by atoms with E-state index < -0.39 is 0 Å². The second kappa shape index (κ2) is 6.29. The van der Waals surface area contributed by atoms with Crippen LogP contribution in [-0.2, 0) is 0 Å². The molecule has 0 unspecified atom stereocenters. The van der Waals surface area contributed by atoms with Crippen molar-refractivity contribution in [2.24, 2.45) is 0 Å². The Morgan fingerprint density at radius 2 is 1.62 bits per heavy atom. The largest absolute Gasteiger partial charge is 0.382 e. The van der Waals surface area contributed by atoms with Crippen LogP contribution in [0.1, 0.15) is 50.1 Å². The van der Waals surface area contributed by atoms with E-state index in [1.165, 1.54) is 25.7 Å². The zero-order valence-electron chi connectivity index (χ0n) is 11.8. The van der Waals surface area contributed by atoms with Crippen LogP contribution in [0.3, 0.4) is 0 Å². The fraction of sp³-hybridized carbons (Fsp3) is 0.438. The van der Waals surface area contributed by atoms with Crippen LogP contribution in [0.25, 0.3) is 11.1 Å². The first-order valence-electron chi connectivity index (χ1n) is 7.46. The fourth-order valence-corrected chi connectivity index (χ4v) is 3.82. The summed E-state index contributed by atoms with van der Waals surface area (Å²) in [5.41, 5.74) is 8.87. The molecule has 2 aromatic rings. The fourth-order valence-electron chi connectivity index (χ4n) is 3.23. The van der Waals surface area contributed by atoms with Crippen LogP contribution in [-0.4, -0.2) is 10.2 Å². The van der Waals surface area contributed by atoms with E-state index in [0.29, 0.717) is 21.8 Å². The van der Waals surface area contributed by atoms with E-state index in [1.807, 2.05) is 18.2 Å². The van der Waals surface area contributed by atoms with Crippen molar-refractivity contribution in [3.8, 4) is 11.1 Å². The first kappa shape index (κ1) is 14.7. The normalized spacial score (nSPS) is 16.9. The highest BCUT2D eigenvalue weighted by Crippen LogP contribution is 2.43. The molecule has 0 bridgehead atoms. The lowest BCUT2D eigenvalue weighted by Crippen LogP contribution is -2.01. The second-order valence-electron chi connectivity index (χ2n) is 5.68. The molecule has 3 rings (SSSR count). The van der Waals surface area contributed by atoms with Crippen LogP contribution in [0.5, 0.6) is 0 Å². The number of rotatable bonds is 2. The number of nitrogens with one attached hydrogen (secondary N) is 1. The Morgan fingerprint density at radius 3 is 2.24 bits per heavy atom. The number of benzene rings is 1. The summed E-state index contributed by atoms with van der Waals surface area (Å²) in [5.74, 6) is 0.934. The minimum atomic E-state index is 0.458. The third-order valence-electron chi connectivity index (χ3n) is 4.30. The monoisotopic (exact) mass is 323 g/mol. The maximum absolute atomic E-state index is 6.35. The molecule has 0 atom stereocenters. The Labute approximate surface area is 134 Å². The average molecular weight is 324 g/mol. The zero-order chi connectivity index (χ0) is 14.8. The third kappa shape index (κ3) is 2.90. The molecule has 3 nitrogen and oxygen atoms in total. The van der Waals surface area contributed by atoms with Gasteiger partial charge in [0.2, 0.25) is 0 Å². The molecule has 1 aromatic carbocycles. The van der Waals surface area contributed by atoms with Crippen LogP contribution in [0, 0.1) is 0 Å². The average Bonchev–Trinajstić information content (AvgIpc) is 2.68. The van der Waals surface area contributed by atoms with Crippen molar-refractivity contribution in [1.29, 1.82) is 0 Å². The van der Waals surface area contributed by atoms with Crippen LogP contribution < -0.4 is 5.73 Å². The van der Waals surface area contributed by atoms with Gasteiger partial charge in [-0.2, -0.15) is 5.10 Å². The molecule has 0 saturated heterocycles. The van der Waals surface area contributed by atoms with Crippen molar-refractivity contribution in [1.82, 2.24) is 10.2 Å². The molecule has 1 fully saturated rings. The SMILES string of the molecule is Nc1n[nH]c(C2CCCCCC2)c1-c1c(Cl)cccc1Cl. The van der Waals surface area contributed by atoms with Crippen LogP contribution in [0.4, 0.5) is 5.82 Å². The number of aromatic amines is 1. The summed E-state index contributed by atoms with van der Waals surface area (Å²) in [6.07, 6.45) is 7.44. The molecule has 21 heavy (non-hydrogen) atoms. The summed E-state index contributed by atoms with van der Waals surface area (Å²) < 4.78 is 0. The highest BCUT2D eigenvalue weighted by molar-refractivity contribution is 6.39. The number of hydrogen-bond acceptors (Lipinski definition) is 2. The quantitative estimate of drug-likeness (QED) is 0.726. The molecule has 0 spiro atoms. The first-order valence-corrected chi connectivity index (χ1v) is 8.22. The molecule has 3 N–H and O–H groups in total. The highest BCUT2D eigenvalue weighted by Gasteiger charge is 2.25. The molecule has 1 aromatic heterocycles. The highest BCUT2D eigenvalue weighted by atomic mass is 35.5. The van der Waals surface area contributed by atoms with E-state index in [9.17, 15) is 0 Å². The molecule has 0 amide bonds. The minimum absolute atomic E-state index is 0.458. The zero-order valence-corrected chi connectivity index (χ0v) is 13.3. The number of H-pyrrole nitrogens is 1. The van der Waals surface area contributed by atoms with E-state index >= 15 is 0 Å². The van der Waals surface area contributed by atoms with E-state index in [4.69, 9.17) is 28.9 Å². The summed E-state index contributed by atoms with van der Waals surface area (Å²) in [6.45, 7) is 0. The van der Waals surface area contributed by atoms with Crippen molar-refractivity contribution in [3.05, 3.63) is 33.9 Å². The predicted molar refractivity (Wildman–Crippen MR) is 88.9 cm³/mol. The Morgan fingerprint density at radius 1 is 1.00 bits per heavy atom. The third-order valence-corrected chi connectivity index (χ3v) is 4.93. The first-order chi connectivity index (χ1) is 10.2. The van der Waals surface area contributed by atoms with Crippen LogP contribution >= 0.6 is 23.2 Å². The van der Waals surface area contributed by atoms with Crippen molar-refractivity contribution >= 4 is 29.0 Å². The minimum Gasteiger partial charge on any atom is -0.382 e. The van der Waals surface area contributed by atoms with Gasteiger partial charge < -0.3 is 5.73 Å². The number of halogens is 2. The molecule has 1 aliphatic rings. The Kier molecular flexibility index (Phi) is 4.41. The number of hydrogen-bond donors (Lipinski definition) is 2. The van der Waals surface area contributed by atoms with Crippen LogP contribution in [0.15, 0.2) is 18.2 Å². The summed E-state index contributed by atoms with van der Waals surface area (Å²) in [6, 6.07) is 5.52. The lowest BCUT2D eigenvalue weighted by atomic mass is 9.91. The van der Waals surface area contributed by atoms with Gasteiger partial charge in [0, 0.05) is 22.7 Å². The Balaban J connectivity index is 2.08. The summed E-state index contributed by atoms with van der Waals surface area (Å²) in [4.78, 5) is 0. The Hall–Kier alpha value is -1.19. The molecule has 5 heteroatoms. The number of nitrogens with zero attached hydrogens (tertiary/aromatic N) is 1. The van der Waals surface area contributed by atoms with E-state index in [1.54, 1.807) is 0 Å². The Bertz CT molecular complexity index is 608. The van der Waals surface area contributed by atoms with Crippen LogP contribution in [0.2, 0.25) is 10.0 Å². The molecule has 1 saturated carbocycles. The lowest BCUT2D eigenvalue weighted by molar-refractivity contribution is 0.577. The molecule has 0 radical (unpaired) electrons. The lowest BCUT2D eigenvalue weighted by Gasteiger charge is -2.16. The topological polar surface area (TPSA) is 54.7 Å². The van der Waals surface area contributed by atoms with E-state index in [-0.39, 0.29) is 0 Å². The standard InChI is InChI=1S/C16H19Cl2N3/c17-11-8-5-9-12(18)13(11)14-15(20-21-16(14)19)10-6-3-1-2-4-7-10/h5,8-10H,1-4,6-7H2,(H3,19,20,21). The van der Waals surface area contributed by atoms with Gasteiger partial charge in [-0.25, -0.2) is 0 Å². The van der Waals surface area contributed by atoms with Crippen molar-refractivity contribution < 1.29 is 0 Å². The maximum Gasteiger partial charge on any atom is 0.153 e. The molecule has 1 aliphatic carbocycles. The number of nitrogens with two attached hydrogens (primary N) is 1. The van der Waals surface area contributed by atoms with Crippen molar-refractivity contribution in [3.63, 3.8) is 0 Å². The van der Waals surface area contributed by atoms with Gasteiger partial charge in [-0.1, -0.05) is 55.0 Å². The molecule has 0 aliphatic heterocycles. The van der Waals surface area contributed by atoms with E-state index in [0.717, 1.165) is 29.7 Å². The van der Waals surface area contributed by atoms with Gasteiger partial charge >= 0.3 is 0 Å². The molecular weight excluding hydrogens is 305 g/mol. The predicted octanol–water partition coefficient (Wildman–Crippen LogP) is 5.40. The van der Waals surface area contributed by atoms with Gasteiger partial charge in [-0.05, 0) is 25.0 Å². The smallest absolute Gasteiger partial charge is 0.153 e. The number of aromatic nitrogens is 2. The van der Waals surface area contributed by atoms with Gasteiger partial charge in [-0.15, -0.1) is 0 Å². The maximum atomic E-state index is 6.35. The number of anilines is 1.